The molecule has 0 saturated heterocycles. The van der Waals surface area contributed by atoms with Crippen molar-refractivity contribution < 1.29 is 28.7 Å². The van der Waals surface area contributed by atoms with Gasteiger partial charge in [0.2, 0.25) is 0 Å². The maximum absolute atomic E-state index is 12.8. The van der Waals surface area contributed by atoms with Crippen LogP contribution in [0.3, 0.4) is 0 Å². The van der Waals surface area contributed by atoms with Gasteiger partial charge in [-0.05, 0) is 30.7 Å². The van der Waals surface area contributed by atoms with Crippen molar-refractivity contribution in [1.29, 1.82) is 0 Å². The van der Waals surface area contributed by atoms with Crippen LogP contribution in [0.2, 0.25) is 0 Å². The summed E-state index contributed by atoms with van der Waals surface area (Å²) in [5, 5.41) is 2.61. The number of benzene rings is 2. The van der Waals surface area contributed by atoms with Gasteiger partial charge in [0.05, 0.1) is 18.2 Å². The number of rotatable bonds is 9. The summed E-state index contributed by atoms with van der Waals surface area (Å²) >= 11 is 0. The van der Waals surface area contributed by atoms with Crippen LogP contribution in [0.4, 0.5) is 5.69 Å². The number of carbonyl (C=O) groups is 4. The average molecular weight is 424 g/mol. The monoisotopic (exact) mass is 424 g/mol. The van der Waals surface area contributed by atoms with E-state index in [9.17, 15) is 19.2 Å². The zero-order valence-electron chi connectivity index (χ0n) is 17.4. The highest BCUT2D eigenvalue weighted by Crippen LogP contribution is 2.27. The van der Waals surface area contributed by atoms with Crippen molar-refractivity contribution in [2.45, 2.75) is 32.2 Å². The average Bonchev–Trinajstić information content (AvgIpc) is 3.03. The molecule has 3 amide bonds. The Balaban J connectivity index is 1.67. The molecule has 0 bridgehead atoms. The van der Waals surface area contributed by atoms with Crippen LogP contribution in [-0.4, -0.2) is 48.3 Å². The van der Waals surface area contributed by atoms with Gasteiger partial charge < -0.3 is 14.8 Å². The molecule has 162 valence electrons. The van der Waals surface area contributed by atoms with Crippen LogP contribution < -0.4 is 10.1 Å². The van der Waals surface area contributed by atoms with E-state index in [2.05, 4.69) is 5.32 Å². The molecule has 2 aromatic carbocycles. The van der Waals surface area contributed by atoms with Crippen LogP contribution in [-0.2, 0) is 14.3 Å². The number of amides is 3. The lowest BCUT2D eigenvalue weighted by Gasteiger charge is -2.24. The van der Waals surface area contributed by atoms with Gasteiger partial charge in [-0.2, -0.15) is 0 Å². The third-order valence-electron chi connectivity index (χ3n) is 4.94. The minimum absolute atomic E-state index is 0.262. The molecule has 0 spiro atoms. The molecule has 2 aromatic rings. The number of hydrogen-bond donors (Lipinski definition) is 1. The highest BCUT2D eigenvalue weighted by Gasteiger charge is 2.43. The second kappa shape index (κ2) is 9.88. The van der Waals surface area contributed by atoms with Gasteiger partial charge in [-0.15, -0.1) is 0 Å². The van der Waals surface area contributed by atoms with Crippen molar-refractivity contribution in [2.24, 2.45) is 0 Å². The highest BCUT2D eigenvalue weighted by atomic mass is 16.5. The lowest BCUT2D eigenvalue weighted by molar-refractivity contribution is -0.151. The summed E-state index contributed by atoms with van der Waals surface area (Å²) in [6.07, 6.45) is 1.64. The quantitative estimate of drug-likeness (QED) is 0.490. The summed E-state index contributed by atoms with van der Waals surface area (Å²) in [4.78, 5) is 51.4. The van der Waals surface area contributed by atoms with E-state index in [1.165, 1.54) is 7.11 Å². The van der Waals surface area contributed by atoms with Gasteiger partial charge in [-0.3, -0.25) is 19.3 Å². The van der Waals surface area contributed by atoms with E-state index < -0.39 is 36.3 Å². The fourth-order valence-corrected chi connectivity index (χ4v) is 3.37. The molecule has 3 rings (SSSR count). The number of anilines is 1. The first-order valence-corrected chi connectivity index (χ1v) is 10.0. The first-order chi connectivity index (χ1) is 15.0. The zero-order chi connectivity index (χ0) is 22.4. The van der Waals surface area contributed by atoms with Crippen LogP contribution >= 0.6 is 0 Å². The first-order valence-electron chi connectivity index (χ1n) is 10.0. The molecule has 1 aliphatic heterocycles. The van der Waals surface area contributed by atoms with E-state index >= 15 is 0 Å². The van der Waals surface area contributed by atoms with Crippen molar-refractivity contribution >= 4 is 29.4 Å². The van der Waals surface area contributed by atoms with Crippen molar-refractivity contribution in [3.63, 3.8) is 0 Å². The lowest BCUT2D eigenvalue weighted by atomic mass is 10.1. The second-order valence-electron chi connectivity index (χ2n) is 7.07. The zero-order valence-corrected chi connectivity index (χ0v) is 17.4. The Morgan fingerprint density at radius 1 is 1.03 bits per heavy atom. The number of nitrogens with one attached hydrogen (secondary N) is 1. The van der Waals surface area contributed by atoms with Crippen molar-refractivity contribution in [3.8, 4) is 5.75 Å². The number of ether oxygens (including phenoxy) is 2. The topological polar surface area (TPSA) is 102 Å². The van der Waals surface area contributed by atoms with Gasteiger partial charge in [-0.25, -0.2) is 4.79 Å². The number of hydrogen-bond acceptors (Lipinski definition) is 6. The van der Waals surface area contributed by atoms with Crippen LogP contribution in [0, 0.1) is 0 Å². The Hall–Kier alpha value is -3.68. The summed E-state index contributed by atoms with van der Waals surface area (Å²) in [7, 11) is 1.51. The molecular weight excluding hydrogens is 400 g/mol. The number of carbonyl (C=O) groups excluding carboxylic acids is 4. The number of esters is 1. The van der Waals surface area contributed by atoms with E-state index in [4.69, 9.17) is 9.47 Å². The minimum Gasteiger partial charge on any atom is -0.497 e. The molecule has 0 aromatic heterocycles. The predicted octanol–water partition coefficient (Wildman–Crippen LogP) is 3.03. The van der Waals surface area contributed by atoms with Gasteiger partial charge in [0.15, 0.2) is 6.61 Å². The summed E-state index contributed by atoms with van der Waals surface area (Å²) < 4.78 is 10.3. The number of unbranched alkanes of at least 4 members (excludes halogenated alkanes) is 1. The molecule has 1 N–H and O–H groups in total. The normalized spacial score (nSPS) is 13.5. The number of fused-ring (bicyclic) bond motifs is 1. The van der Waals surface area contributed by atoms with E-state index in [1.807, 2.05) is 6.92 Å². The molecular formula is C23H24N2O6. The van der Waals surface area contributed by atoms with E-state index in [0.29, 0.717) is 17.9 Å². The Kier molecular flexibility index (Phi) is 7.02. The summed E-state index contributed by atoms with van der Waals surface area (Å²) in [5.74, 6) is -1.82. The predicted molar refractivity (Wildman–Crippen MR) is 113 cm³/mol. The Bertz CT molecular complexity index is 968. The fourth-order valence-electron chi connectivity index (χ4n) is 3.37. The molecule has 8 nitrogen and oxygen atoms in total. The van der Waals surface area contributed by atoms with Gasteiger partial charge in [0.1, 0.15) is 11.8 Å². The van der Waals surface area contributed by atoms with Crippen molar-refractivity contribution in [2.75, 3.05) is 19.0 Å². The lowest BCUT2D eigenvalue weighted by Crippen LogP contribution is -2.46. The molecule has 1 heterocycles. The SMILES string of the molecule is CCCC[C@@H](C(=O)OCC(=O)Nc1cccc(OC)c1)N1C(=O)c2ccccc2C1=O. The maximum atomic E-state index is 12.8. The largest absolute Gasteiger partial charge is 0.497 e. The second-order valence-corrected chi connectivity index (χ2v) is 7.07. The number of methoxy groups -OCH3 is 1. The number of imide groups is 1. The van der Waals surface area contributed by atoms with Crippen molar-refractivity contribution in [1.82, 2.24) is 4.90 Å². The van der Waals surface area contributed by atoms with Crippen LogP contribution in [0.1, 0.15) is 46.9 Å². The molecule has 0 unspecified atom stereocenters. The molecule has 0 saturated carbocycles. The summed E-state index contributed by atoms with van der Waals surface area (Å²) in [5.41, 5.74) is 1.01. The van der Waals surface area contributed by atoms with E-state index in [-0.39, 0.29) is 17.5 Å². The number of nitrogens with zero attached hydrogens (tertiary/aromatic N) is 1. The van der Waals surface area contributed by atoms with Crippen molar-refractivity contribution in [3.05, 3.63) is 59.7 Å². The summed E-state index contributed by atoms with van der Waals surface area (Å²) in [6.45, 7) is 1.40. The van der Waals surface area contributed by atoms with Crippen LogP contribution in [0.15, 0.2) is 48.5 Å². The van der Waals surface area contributed by atoms with Crippen LogP contribution in [0.25, 0.3) is 0 Å². The third kappa shape index (κ3) is 4.91. The van der Waals surface area contributed by atoms with E-state index in [1.54, 1.807) is 48.5 Å². The molecule has 31 heavy (non-hydrogen) atoms. The summed E-state index contributed by atoms with van der Waals surface area (Å²) in [6, 6.07) is 12.1. The van der Waals surface area contributed by atoms with Gasteiger partial charge in [-0.1, -0.05) is 38.0 Å². The minimum atomic E-state index is -1.09. The molecule has 1 atom stereocenters. The van der Waals surface area contributed by atoms with Gasteiger partial charge >= 0.3 is 5.97 Å². The van der Waals surface area contributed by atoms with Gasteiger partial charge in [0, 0.05) is 11.8 Å². The Morgan fingerprint density at radius 2 is 1.71 bits per heavy atom. The van der Waals surface area contributed by atoms with Gasteiger partial charge in [0.25, 0.3) is 17.7 Å². The standard InChI is InChI=1S/C23H24N2O6/c1-3-4-12-19(25-21(27)17-10-5-6-11-18(17)22(25)28)23(29)31-14-20(26)24-15-8-7-9-16(13-15)30-2/h5-11,13,19H,3-4,12,14H2,1-2H3,(H,24,26)/t19-/m0/s1. The highest BCUT2D eigenvalue weighted by molar-refractivity contribution is 6.22. The third-order valence-corrected chi connectivity index (χ3v) is 4.94. The molecule has 0 radical (unpaired) electrons. The maximum Gasteiger partial charge on any atom is 0.329 e. The fraction of sp³-hybridized carbons (Fsp3) is 0.304. The Labute approximate surface area is 180 Å². The Morgan fingerprint density at radius 3 is 2.32 bits per heavy atom. The molecule has 1 aliphatic rings. The molecule has 0 aliphatic carbocycles. The van der Waals surface area contributed by atoms with Crippen LogP contribution in [0.5, 0.6) is 5.75 Å². The molecule has 0 fully saturated rings. The smallest absolute Gasteiger partial charge is 0.329 e. The van der Waals surface area contributed by atoms with E-state index in [0.717, 1.165) is 11.3 Å². The first kappa shape index (κ1) is 22.0. The molecule has 8 heteroatoms.